The Morgan fingerprint density at radius 3 is 3.08 bits per heavy atom. The zero-order chi connectivity index (χ0) is 8.55. The number of hydrogen-bond acceptors (Lipinski definition) is 3. The molecular formula is C7H3FN4. The summed E-state index contributed by atoms with van der Waals surface area (Å²) in [6.45, 7) is 0. The normalized spacial score (nSPS) is 10.0. The van der Waals surface area contributed by atoms with Gasteiger partial charge in [0.2, 0.25) is 0 Å². The molecule has 58 valence electrons. The van der Waals surface area contributed by atoms with Gasteiger partial charge in [-0.1, -0.05) is 0 Å². The van der Waals surface area contributed by atoms with E-state index in [0.717, 1.165) is 6.20 Å². The Morgan fingerprint density at radius 1 is 1.50 bits per heavy atom. The van der Waals surface area contributed by atoms with Crippen molar-refractivity contribution in [1.29, 1.82) is 5.26 Å². The smallest absolute Gasteiger partial charge is 0.191 e. The maximum atomic E-state index is 12.8. The topological polar surface area (TPSA) is 54.0 Å². The Bertz CT molecular complexity index is 468. The van der Waals surface area contributed by atoms with Crippen LogP contribution in [0.5, 0.6) is 0 Å². The number of hydrogen-bond donors (Lipinski definition) is 0. The summed E-state index contributed by atoms with van der Waals surface area (Å²) in [5, 5.41) is 12.1. The van der Waals surface area contributed by atoms with Crippen LogP contribution in [0.4, 0.5) is 4.39 Å². The van der Waals surface area contributed by atoms with Crippen molar-refractivity contribution < 1.29 is 4.39 Å². The predicted octanol–water partition coefficient (Wildman–Crippen LogP) is 0.740. The van der Waals surface area contributed by atoms with E-state index in [0.29, 0.717) is 5.56 Å². The van der Waals surface area contributed by atoms with Gasteiger partial charge in [-0.2, -0.15) is 10.4 Å². The minimum absolute atomic E-state index is 0.133. The van der Waals surface area contributed by atoms with E-state index in [9.17, 15) is 4.39 Å². The van der Waals surface area contributed by atoms with Gasteiger partial charge in [-0.05, 0) is 0 Å². The van der Waals surface area contributed by atoms with Crippen LogP contribution in [-0.2, 0) is 0 Å². The molecule has 0 aromatic carbocycles. The monoisotopic (exact) mass is 162 g/mol. The van der Waals surface area contributed by atoms with Crippen molar-refractivity contribution in [3.8, 4) is 6.07 Å². The van der Waals surface area contributed by atoms with Crippen molar-refractivity contribution in [3.63, 3.8) is 0 Å². The summed E-state index contributed by atoms with van der Waals surface area (Å²) >= 11 is 0. The third-order valence-electron chi connectivity index (χ3n) is 1.44. The largest absolute Gasteiger partial charge is 0.233 e. The summed E-state index contributed by atoms with van der Waals surface area (Å²) in [6.07, 6.45) is 3.79. The molecule has 0 bridgehead atoms. The van der Waals surface area contributed by atoms with Gasteiger partial charge in [0.25, 0.3) is 0 Å². The van der Waals surface area contributed by atoms with Crippen LogP contribution in [0, 0.1) is 17.1 Å². The van der Waals surface area contributed by atoms with Gasteiger partial charge < -0.3 is 0 Å². The van der Waals surface area contributed by atoms with Gasteiger partial charge in [0, 0.05) is 6.20 Å². The van der Waals surface area contributed by atoms with Crippen molar-refractivity contribution in [3.05, 3.63) is 30.0 Å². The van der Waals surface area contributed by atoms with Gasteiger partial charge >= 0.3 is 0 Å². The van der Waals surface area contributed by atoms with E-state index < -0.39 is 5.82 Å². The molecule has 0 atom stereocenters. The highest BCUT2D eigenvalue weighted by Gasteiger charge is 2.03. The third kappa shape index (κ3) is 0.820. The van der Waals surface area contributed by atoms with Crippen LogP contribution in [0.15, 0.2) is 18.6 Å². The zero-order valence-electron chi connectivity index (χ0n) is 5.90. The fourth-order valence-electron chi connectivity index (χ4n) is 0.904. The molecule has 0 radical (unpaired) electrons. The molecule has 5 heteroatoms. The minimum atomic E-state index is -0.487. The molecule has 2 rings (SSSR count). The molecule has 0 amide bonds. The SMILES string of the molecule is N#Cc1cnc2c(F)cnn2c1. The zero-order valence-corrected chi connectivity index (χ0v) is 5.90. The van der Waals surface area contributed by atoms with Crippen molar-refractivity contribution in [2.45, 2.75) is 0 Å². The average Bonchev–Trinajstić information content (AvgIpc) is 2.47. The molecule has 0 unspecified atom stereocenters. The van der Waals surface area contributed by atoms with E-state index in [4.69, 9.17) is 5.26 Å². The molecule has 2 aromatic heterocycles. The fourth-order valence-corrected chi connectivity index (χ4v) is 0.904. The number of rotatable bonds is 0. The second-order valence-electron chi connectivity index (χ2n) is 2.22. The van der Waals surface area contributed by atoms with E-state index >= 15 is 0 Å². The number of halogens is 1. The molecule has 0 N–H and O–H groups in total. The summed E-state index contributed by atoms with van der Waals surface area (Å²) in [6, 6.07) is 1.88. The molecule has 0 aliphatic rings. The van der Waals surface area contributed by atoms with Crippen molar-refractivity contribution >= 4 is 5.65 Å². The highest BCUT2D eigenvalue weighted by atomic mass is 19.1. The van der Waals surface area contributed by atoms with Crippen LogP contribution < -0.4 is 0 Å². The average molecular weight is 162 g/mol. The molecule has 0 aliphatic carbocycles. The third-order valence-corrected chi connectivity index (χ3v) is 1.44. The van der Waals surface area contributed by atoms with E-state index in [1.165, 1.54) is 16.9 Å². The maximum Gasteiger partial charge on any atom is 0.191 e. The second-order valence-corrected chi connectivity index (χ2v) is 2.22. The molecule has 2 aromatic rings. The van der Waals surface area contributed by atoms with Crippen molar-refractivity contribution in [2.75, 3.05) is 0 Å². The van der Waals surface area contributed by atoms with Crippen molar-refractivity contribution in [1.82, 2.24) is 14.6 Å². The fraction of sp³-hybridized carbons (Fsp3) is 0. The van der Waals surface area contributed by atoms with Gasteiger partial charge in [-0.25, -0.2) is 13.9 Å². The molecule has 0 aliphatic heterocycles. The first-order valence-corrected chi connectivity index (χ1v) is 3.20. The summed E-state index contributed by atoms with van der Waals surface area (Å²) < 4.78 is 14.0. The van der Waals surface area contributed by atoms with E-state index in [2.05, 4.69) is 10.1 Å². The first-order valence-electron chi connectivity index (χ1n) is 3.20. The standard InChI is InChI=1S/C7H3FN4/c8-6-3-11-12-4-5(1-9)2-10-7(6)12/h2-4H. The van der Waals surface area contributed by atoms with Crippen molar-refractivity contribution in [2.24, 2.45) is 0 Å². The molecule has 0 saturated heterocycles. The molecule has 4 nitrogen and oxygen atoms in total. The predicted molar refractivity (Wildman–Crippen MR) is 37.7 cm³/mol. The molecule has 2 heterocycles. The Kier molecular flexibility index (Phi) is 1.27. The van der Waals surface area contributed by atoms with Crippen LogP contribution in [0.2, 0.25) is 0 Å². The lowest BCUT2D eigenvalue weighted by molar-refractivity contribution is 0.636. The highest BCUT2D eigenvalue weighted by molar-refractivity contribution is 5.40. The quantitative estimate of drug-likeness (QED) is 0.574. The summed E-state index contributed by atoms with van der Waals surface area (Å²) in [5.74, 6) is -0.487. The lowest BCUT2D eigenvalue weighted by atomic mass is 10.4. The summed E-state index contributed by atoms with van der Waals surface area (Å²) in [4.78, 5) is 3.71. The first kappa shape index (κ1) is 6.73. The minimum Gasteiger partial charge on any atom is -0.233 e. The van der Waals surface area contributed by atoms with Gasteiger partial charge in [0.1, 0.15) is 6.07 Å². The van der Waals surface area contributed by atoms with E-state index in [-0.39, 0.29) is 5.65 Å². The highest BCUT2D eigenvalue weighted by Crippen LogP contribution is 2.05. The molecule has 0 saturated carbocycles. The Balaban J connectivity index is 2.80. The summed E-state index contributed by atoms with van der Waals surface area (Å²) in [7, 11) is 0. The Hall–Kier alpha value is -1.96. The number of aromatic nitrogens is 3. The van der Waals surface area contributed by atoms with Crippen LogP contribution >= 0.6 is 0 Å². The Labute approximate surface area is 66.9 Å². The van der Waals surface area contributed by atoms with Gasteiger partial charge in [-0.3, -0.25) is 0 Å². The van der Waals surface area contributed by atoms with Crippen LogP contribution in [-0.4, -0.2) is 14.6 Å². The molecule has 0 spiro atoms. The number of nitrogens with zero attached hydrogens (tertiary/aromatic N) is 4. The second kappa shape index (κ2) is 2.27. The molecular weight excluding hydrogens is 159 g/mol. The van der Waals surface area contributed by atoms with Crippen LogP contribution in [0.25, 0.3) is 5.65 Å². The van der Waals surface area contributed by atoms with E-state index in [1.807, 2.05) is 6.07 Å². The number of nitriles is 1. The van der Waals surface area contributed by atoms with Crippen LogP contribution in [0.3, 0.4) is 0 Å². The maximum absolute atomic E-state index is 12.8. The number of fused-ring (bicyclic) bond motifs is 1. The lowest BCUT2D eigenvalue weighted by Gasteiger charge is -1.90. The first-order chi connectivity index (χ1) is 5.81. The van der Waals surface area contributed by atoms with Crippen LogP contribution in [0.1, 0.15) is 5.56 Å². The van der Waals surface area contributed by atoms with E-state index in [1.54, 1.807) is 0 Å². The van der Waals surface area contributed by atoms with Gasteiger partial charge in [0.05, 0.1) is 18.0 Å². The molecule has 12 heavy (non-hydrogen) atoms. The lowest BCUT2D eigenvalue weighted by Crippen LogP contribution is -1.91. The Morgan fingerprint density at radius 2 is 2.33 bits per heavy atom. The van der Waals surface area contributed by atoms with Gasteiger partial charge in [0.15, 0.2) is 11.5 Å². The summed E-state index contributed by atoms with van der Waals surface area (Å²) in [5.41, 5.74) is 0.486. The van der Waals surface area contributed by atoms with Gasteiger partial charge in [-0.15, -0.1) is 0 Å². The molecule has 0 fully saturated rings.